The average Bonchev–Trinajstić information content (AvgIpc) is 2.14. The quantitative estimate of drug-likeness (QED) is 0.863. The summed E-state index contributed by atoms with van der Waals surface area (Å²) in [7, 11) is -2.98. The van der Waals surface area contributed by atoms with Gasteiger partial charge in [-0.2, -0.15) is 0 Å². The van der Waals surface area contributed by atoms with Crippen LogP contribution in [0.4, 0.5) is 0 Å². The number of carboxylic acids is 1. The molecule has 1 N–H and O–H groups in total. The highest BCUT2D eigenvalue weighted by Crippen LogP contribution is 2.12. The number of aromatic carboxylic acids is 1. The minimum Gasteiger partial charge on any atom is -0.478 e. The van der Waals surface area contributed by atoms with Crippen LogP contribution in [0.15, 0.2) is 18.2 Å². The van der Waals surface area contributed by atoms with Gasteiger partial charge in [0.15, 0.2) is 0 Å². The molecule has 0 heterocycles. The summed E-state index contributed by atoms with van der Waals surface area (Å²) in [6.07, 6.45) is 1.61. The van der Waals surface area contributed by atoms with Crippen LogP contribution in [0, 0.1) is 6.92 Å². The van der Waals surface area contributed by atoms with Crippen LogP contribution in [0.2, 0.25) is 0 Å². The van der Waals surface area contributed by atoms with Crippen LogP contribution in [0.5, 0.6) is 0 Å². The molecule has 0 aliphatic rings. The van der Waals surface area contributed by atoms with Crippen molar-refractivity contribution in [1.29, 1.82) is 0 Å². The second kappa shape index (κ2) is 4.65. The van der Waals surface area contributed by atoms with E-state index in [0.29, 0.717) is 6.42 Å². The summed E-state index contributed by atoms with van der Waals surface area (Å²) in [5.74, 6) is -0.891. The van der Waals surface area contributed by atoms with E-state index in [4.69, 9.17) is 5.11 Å². The zero-order valence-electron chi connectivity index (χ0n) is 9.23. The lowest BCUT2D eigenvalue weighted by Gasteiger charge is -2.05. The molecule has 0 radical (unpaired) electrons. The molecule has 0 saturated heterocycles. The summed E-state index contributed by atoms with van der Waals surface area (Å²) in [6.45, 7) is 1.78. The Morgan fingerprint density at radius 3 is 2.44 bits per heavy atom. The number of hydrogen-bond acceptors (Lipinski definition) is 3. The maximum absolute atomic E-state index is 11.0. The molecule has 0 amide bonds. The van der Waals surface area contributed by atoms with Crippen LogP contribution in [0.25, 0.3) is 0 Å². The summed E-state index contributed by atoms with van der Waals surface area (Å²) in [5.41, 5.74) is 1.90. The Morgan fingerprint density at radius 2 is 2.00 bits per heavy atom. The number of carboxylic acid groups (broad SMARTS) is 1. The number of aryl methyl sites for hydroxylation is 2. The second-order valence-corrected chi connectivity index (χ2v) is 6.09. The maximum atomic E-state index is 11.0. The van der Waals surface area contributed by atoms with Crippen molar-refractivity contribution in [2.75, 3.05) is 12.0 Å². The molecule has 88 valence electrons. The van der Waals surface area contributed by atoms with Crippen LogP contribution in [0.1, 0.15) is 21.5 Å². The fraction of sp³-hybridized carbons (Fsp3) is 0.364. The normalized spacial score (nSPS) is 11.4. The minimum atomic E-state index is -2.98. The topological polar surface area (TPSA) is 71.4 Å². The van der Waals surface area contributed by atoms with Gasteiger partial charge in [0.2, 0.25) is 0 Å². The molecule has 16 heavy (non-hydrogen) atoms. The fourth-order valence-corrected chi connectivity index (χ4v) is 2.00. The van der Waals surface area contributed by atoms with Gasteiger partial charge in [-0.25, -0.2) is 13.2 Å². The zero-order valence-corrected chi connectivity index (χ0v) is 10.0. The Balaban J connectivity index is 2.88. The predicted molar refractivity (Wildman–Crippen MR) is 61.6 cm³/mol. The summed E-state index contributed by atoms with van der Waals surface area (Å²) in [6, 6.07) is 4.72. The van der Waals surface area contributed by atoms with Crippen molar-refractivity contribution in [2.24, 2.45) is 0 Å². The molecular weight excluding hydrogens is 228 g/mol. The Hall–Kier alpha value is -1.36. The third kappa shape index (κ3) is 3.66. The van der Waals surface area contributed by atoms with Gasteiger partial charge in [0.25, 0.3) is 0 Å². The first kappa shape index (κ1) is 12.7. The van der Waals surface area contributed by atoms with Gasteiger partial charge in [-0.15, -0.1) is 0 Å². The molecule has 0 atom stereocenters. The first-order valence-electron chi connectivity index (χ1n) is 4.80. The number of carbonyl (C=O) groups is 1. The minimum absolute atomic E-state index is 0.0836. The number of rotatable bonds is 4. The molecule has 0 aromatic heterocycles. The largest absolute Gasteiger partial charge is 0.478 e. The maximum Gasteiger partial charge on any atom is 0.335 e. The molecule has 1 aromatic carbocycles. The smallest absolute Gasteiger partial charge is 0.335 e. The SMILES string of the molecule is Cc1cc(C(=O)O)ccc1CCS(C)(=O)=O. The monoisotopic (exact) mass is 242 g/mol. The molecule has 5 heteroatoms. The van der Waals surface area contributed by atoms with E-state index in [0.717, 1.165) is 11.1 Å². The number of benzene rings is 1. The van der Waals surface area contributed by atoms with Crippen molar-refractivity contribution in [3.05, 3.63) is 34.9 Å². The van der Waals surface area contributed by atoms with E-state index in [9.17, 15) is 13.2 Å². The van der Waals surface area contributed by atoms with Gasteiger partial charge in [-0.05, 0) is 36.6 Å². The summed E-state index contributed by atoms with van der Waals surface area (Å²) >= 11 is 0. The van der Waals surface area contributed by atoms with Crippen LogP contribution in [0.3, 0.4) is 0 Å². The molecule has 0 aliphatic carbocycles. The Bertz CT molecular complexity index is 503. The average molecular weight is 242 g/mol. The van der Waals surface area contributed by atoms with Crippen molar-refractivity contribution >= 4 is 15.8 Å². The molecule has 0 saturated carbocycles. The Morgan fingerprint density at radius 1 is 1.38 bits per heavy atom. The van der Waals surface area contributed by atoms with Crippen molar-refractivity contribution < 1.29 is 18.3 Å². The fourth-order valence-electron chi connectivity index (χ4n) is 1.40. The molecule has 0 bridgehead atoms. The zero-order chi connectivity index (χ0) is 12.3. The van der Waals surface area contributed by atoms with E-state index in [1.54, 1.807) is 19.1 Å². The number of hydrogen-bond donors (Lipinski definition) is 1. The first-order chi connectivity index (χ1) is 7.29. The molecule has 1 rings (SSSR count). The molecule has 4 nitrogen and oxygen atoms in total. The third-order valence-electron chi connectivity index (χ3n) is 2.33. The number of sulfone groups is 1. The lowest BCUT2D eigenvalue weighted by molar-refractivity contribution is 0.0696. The highest BCUT2D eigenvalue weighted by Gasteiger charge is 2.08. The third-order valence-corrected chi connectivity index (χ3v) is 3.28. The van der Waals surface area contributed by atoms with Gasteiger partial charge in [0, 0.05) is 6.26 Å². The standard InChI is InChI=1S/C11H14O4S/c1-8-7-10(11(12)13)4-3-9(8)5-6-16(2,14)15/h3-4,7H,5-6H2,1-2H3,(H,12,13). The Kier molecular flexibility index (Phi) is 3.70. The van der Waals surface area contributed by atoms with Crippen molar-refractivity contribution in [1.82, 2.24) is 0 Å². The van der Waals surface area contributed by atoms with Gasteiger partial charge in [-0.1, -0.05) is 6.07 Å². The molecule has 1 aromatic rings. The van der Waals surface area contributed by atoms with E-state index in [1.165, 1.54) is 12.3 Å². The van der Waals surface area contributed by atoms with Crippen molar-refractivity contribution in [3.63, 3.8) is 0 Å². The van der Waals surface area contributed by atoms with Crippen LogP contribution in [-0.4, -0.2) is 31.5 Å². The molecule has 0 aliphatic heterocycles. The summed E-state index contributed by atoms with van der Waals surface area (Å²) in [5, 5.41) is 8.76. The van der Waals surface area contributed by atoms with Crippen molar-refractivity contribution in [3.8, 4) is 0 Å². The lowest BCUT2D eigenvalue weighted by atomic mass is 10.0. The van der Waals surface area contributed by atoms with Crippen LogP contribution >= 0.6 is 0 Å². The van der Waals surface area contributed by atoms with Crippen molar-refractivity contribution in [2.45, 2.75) is 13.3 Å². The lowest BCUT2D eigenvalue weighted by Crippen LogP contribution is -2.07. The van der Waals surface area contributed by atoms with E-state index >= 15 is 0 Å². The van der Waals surface area contributed by atoms with E-state index < -0.39 is 15.8 Å². The molecule has 0 spiro atoms. The summed E-state index contributed by atoms with van der Waals surface area (Å²) in [4.78, 5) is 10.7. The predicted octanol–water partition coefficient (Wildman–Crippen LogP) is 1.28. The van der Waals surface area contributed by atoms with E-state index in [2.05, 4.69) is 0 Å². The Labute approximate surface area is 94.8 Å². The molecular formula is C11H14O4S. The first-order valence-corrected chi connectivity index (χ1v) is 6.86. The van der Waals surface area contributed by atoms with Gasteiger partial charge in [0.05, 0.1) is 11.3 Å². The van der Waals surface area contributed by atoms with E-state index in [-0.39, 0.29) is 11.3 Å². The van der Waals surface area contributed by atoms with E-state index in [1.807, 2.05) is 0 Å². The van der Waals surface area contributed by atoms with Gasteiger partial charge in [-0.3, -0.25) is 0 Å². The highest BCUT2D eigenvalue weighted by atomic mass is 32.2. The van der Waals surface area contributed by atoms with Crippen LogP contribution < -0.4 is 0 Å². The van der Waals surface area contributed by atoms with Gasteiger partial charge >= 0.3 is 5.97 Å². The van der Waals surface area contributed by atoms with Crippen LogP contribution in [-0.2, 0) is 16.3 Å². The van der Waals surface area contributed by atoms with Gasteiger partial charge in [0.1, 0.15) is 9.84 Å². The second-order valence-electron chi connectivity index (χ2n) is 3.83. The molecule has 0 fully saturated rings. The highest BCUT2D eigenvalue weighted by molar-refractivity contribution is 7.90. The molecule has 0 unspecified atom stereocenters. The van der Waals surface area contributed by atoms with Gasteiger partial charge < -0.3 is 5.11 Å². The summed E-state index contributed by atoms with van der Waals surface area (Å²) < 4.78 is 22.0.